The second-order valence-electron chi connectivity index (χ2n) is 11.5. The number of methoxy groups -OCH3 is 1. The molecule has 8 heteroatoms. The van der Waals surface area contributed by atoms with Crippen LogP contribution in [0.15, 0.2) is 54.7 Å². The number of ether oxygens (including phenoxy) is 1. The van der Waals surface area contributed by atoms with Gasteiger partial charge in [0.15, 0.2) is 0 Å². The number of rotatable bonds is 9. The molecule has 41 heavy (non-hydrogen) atoms. The molecule has 8 nitrogen and oxygen atoms in total. The van der Waals surface area contributed by atoms with Crippen LogP contribution in [0.1, 0.15) is 76.5 Å². The monoisotopic (exact) mass is 559 g/mol. The second kappa shape index (κ2) is 13.1. The summed E-state index contributed by atoms with van der Waals surface area (Å²) in [5.74, 6) is 0.702. The summed E-state index contributed by atoms with van der Waals surface area (Å²) in [7, 11) is 1.66. The van der Waals surface area contributed by atoms with Crippen molar-refractivity contribution in [3.63, 3.8) is 0 Å². The number of fused-ring (bicyclic) bond motifs is 1. The minimum atomic E-state index is -0.388. The van der Waals surface area contributed by atoms with E-state index in [0.717, 1.165) is 66.7 Å². The molecule has 2 aliphatic heterocycles. The topological polar surface area (TPSA) is 72.1 Å². The lowest BCUT2D eigenvalue weighted by Gasteiger charge is -2.52. The fourth-order valence-corrected chi connectivity index (χ4v) is 7.02. The van der Waals surface area contributed by atoms with Gasteiger partial charge in [0.1, 0.15) is 5.75 Å². The molecule has 1 aromatic heterocycles. The first-order chi connectivity index (χ1) is 19.9. The van der Waals surface area contributed by atoms with Gasteiger partial charge in [-0.25, -0.2) is 5.01 Å². The highest BCUT2D eigenvalue weighted by Crippen LogP contribution is 2.37. The summed E-state index contributed by atoms with van der Waals surface area (Å²) in [5.41, 5.74) is 2.95. The molecule has 2 aromatic carbocycles. The number of H-pyrrole nitrogens is 1. The number of amides is 2. The molecule has 2 aliphatic rings. The Morgan fingerprint density at radius 1 is 0.951 bits per heavy atom. The lowest BCUT2D eigenvalue weighted by molar-refractivity contribution is -0.184. The number of hydrazine groups is 1. The first kappa shape index (κ1) is 29.1. The normalized spacial score (nSPS) is 20.0. The maximum Gasteiger partial charge on any atom is 0.234 e. The van der Waals surface area contributed by atoms with Gasteiger partial charge in [-0.1, -0.05) is 42.8 Å². The molecule has 3 unspecified atom stereocenters. The molecule has 0 aliphatic carbocycles. The Balaban J connectivity index is 1.59. The van der Waals surface area contributed by atoms with Crippen molar-refractivity contribution in [1.29, 1.82) is 0 Å². The molecule has 1 N–H and O–H groups in total. The molecular weight excluding hydrogens is 514 g/mol. The Bertz CT molecular complexity index is 1330. The first-order valence-corrected chi connectivity index (χ1v) is 15.2. The zero-order chi connectivity index (χ0) is 28.9. The van der Waals surface area contributed by atoms with Crippen molar-refractivity contribution < 1.29 is 14.3 Å². The van der Waals surface area contributed by atoms with Crippen molar-refractivity contribution >= 4 is 22.7 Å². The highest BCUT2D eigenvalue weighted by atomic mass is 16.5. The number of likely N-dealkylation sites (tertiary alicyclic amines) is 1. The second-order valence-corrected chi connectivity index (χ2v) is 11.5. The van der Waals surface area contributed by atoms with Gasteiger partial charge in [-0.2, -0.15) is 0 Å². The van der Waals surface area contributed by atoms with E-state index in [4.69, 9.17) is 4.74 Å². The van der Waals surface area contributed by atoms with E-state index in [1.165, 1.54) is 19.3 Å². The molecule has 0 bridgehead atoms. The van der Waals surface area contributed by atoms with Crippen molar-refractivity contribution in [2.75, 3.05) is 26.7 Å². The zero-order valence-corrected chi connectivity index (χ0v) is 25.0. The number of para-hydroxylation sites is 2. The number of nitrogens with zero attached hydrogens (tertiary/aromatic N) is 4. The molecule has 3 aromatic rings. The summed E-state index contributed by atoms with van der Waals surface area (Å²) < 4.78 is 5.67. The SMILES string of the molecule is COc1ccccc1CN(C(C)=O)C(c1c[nH]c2ccccc12)C(C)N(C(C)=O)N1CCCCC1N1CCCCC1. The minimum absolute atomic E-state index is 0.00652. The van der Waals surface area contributed by atoms with Gasteiger partial charge < -0.3 is 14.6 Å². The van der Waals surface area contributed by atoms with Gasteiger partial charge in [0, 0.05) is 55.2 Å². The van der Waals surface area contributed by atoms with Crippen LogP contribution in [0.2, 0.25) is 0 Å². The molecule has 220 valence electrons. The van der Waals surface area contributed by atoms with E-state index in [-0.39, 0.29) is 30.1 Å². The van der Waals surface area contributed by atoms with Crippen LogP contribution in [0.5, 0.6) is 5.75 Å². The van der Waals surface area contributed by atoms with E-state index >= 15 is 0 Å². The number of aromatic amines is 1. The minimum Gasteiger partial charge on any atom is -0.496 e. The van der Waals surface area contributed by atoms with E-state index in [0.29, 0.717) is 6.54 Å². The van der Waals surface area contributed by atoms with E-state index in [2.05, 4.69) is 33.9 Å². The molecule has 3 atom stereocenters. The van der Waals surface area contributed by atoms with Crippen LogP contribution < -0.4 is 4.74 Å². The highest BCUT2D eigenvalue weighted by Gasteiger charge is 2.41. The number of nitrogens with one attached hydrogen (secondary N) is 1. The van der Waals surface area contributed by atoms with Gasteiger partial charge >= 0.3 is 0 Å². The zero-order valence-electron chi connectivity index (χ0n) is 25.0. The Morgan fingerprint density at radius 2 is 1.66 bits per heavy atom. The van der Waals surface area contributed by atoms with Crippen molar-refractivity contribution in [3.05, 3.63) is 65.9 Å². The molecule has 2 saturated heterocycles. The number of aromatic nitrogens is 1. The summed E-state index contributed by atoms with van der Waals surface area (Å²) >= 11 is 0. The number of piperidine rings is 2. The third kappa shape index (κ3) is 6.14. The van der Waals surface area contributed by atoms with Crippen LogP contribution in [0.3, 0.4) is 0 Å². The maximum atomic E-state index is 13.6. The van der Waals surface area contributed by atoms with Gasteiger partial charge in [0.2, 0.25) is 11.8 Å². The summed E-state index contributed by atoms with van der Waals surface area (Å²) in [4.78, 5) is 35.1. The number of carbonyl (C=O) groups excluding carboxylic acids is 2. The predicted molar refractivity (Wildman–Crippen MR) is 162 cm³/mol. The van der Waals surface area contributed by atoms with Crippen LogP contribution in [0.25, 0.3) is 10.9 Å². The third-order valence-electron chi connectivity index (χ3n) is 8.91. The van der Waals surface area contributed by atoms with Crippen LogP contribution in [-0.2, 0) is 16.1 Å². The van der Waals surface area contributed by atoms with E-state index in [9.17, 15) is 9.59 Å². The smallest absolute Gasteiger partial charge is 0.234 e. The lowest BCUT2D eigenvalue weighted by Crippen LogP contribution is -2.63. The van der Waals surface area contributed by atoms with Crippen LogP contribution >= 0.6 is 0 Å². The fourth-order valence-electron chi connectivity index (χ4n) is 7.02. The van der Waals surface area contributed by atoms with Crippen molar-refractivity contribution in [1.82, 2.24) is 24.8 Å². The van der Waals surface area contributed by atoms with Gasteiger partial charge in [-0.05, 0) is 64.3 Å². The maximum absolute atomic E-state index is 13.6. The Morgan fingerprint density at radius 3 is 2.39 bits per heavy atom. The Hall–Kier alpha value is -3.36. The number of hydrogen-bond donors (Lipinski definition) is 1. The van der Waals surface area contributed by atoms with E-state index in [1.54, 1.807) is 21.0 Å². The fraction of sp³-hybridized carbons (Fsp3) is 0.515. The molecule has 0 radical (unpaired) electrons. The molecule has 2 amide bonds. The summed E-state index contributed by atoms with van der Waals surface area (Å²) in [6.07, 6.45) is 9.15. The Labute approximate surface area is 244 Å². The molecule has 5 rings (SSSR count). The number of hydrogen-bond acceptors (Lipinski definition) is 5. The molecule has 2 fully saturated rings. The summed E-state index contributed by atoms with van der Waals surface area (Å²) in [6, 6.07) is 15.3. The van der Waals surface area contributed by atoms with E-state index in [1.807, 2.05) is 52.5 Å². The highest BCUT2D eigenvalue weighted by molar-refractivity contribution is 5.85. The van der Waals surface area contributed by atoms with E-state index < -0.39 is 0 Å². The van der Waals surface area contributed by atoms with Gasteiger partial charge in [0.05, 0.1) is 25.4 Å². The average Bonchev–Trinajstić information content (AvgIpc) is 3.41. The van der Waals surface area contributed by atoms with Crippen LogP contribution in [-0.4, -0.2) is 75.6 Å². The van der Waals surface area contributed by atoms with Crippen LogP contribution in [0, 0.1) is 0 Å². The molecule has 0 spiro atoms. The van der Waals surface area contributed by atoms with Crippen molar-refractivity contribution in [2.45, 2.75) is 84.1 Å². The number of benzene rings is 2. The molecular formula is C33H45N5O3. The largest absolute Gasteiger partial charge is 0.496 e. The van der Waals surface area contributed by atoms with Crippen molar-refractivity contribution in [3.8, 4) is 5.75 Å². The summed E-state index contributed by atoms with van der Waals surface area (Å²) in [5, 5.41) is 5.36. The van der Waals surface area contributed by atoms with Crippen LogP contribution in [0.4, 0.5) is 0 Å². The molecule has 0 saturated carbocycles. The van der Waals surface area contributed by atoms with Gasteiger partial charge in [-0.3, -0.25) is 19.5 Å². The lowest BCUT2D eigenvalue weighted by atomic mass is 9.95. The van der Waals surface area contributed by atoms with Gasteiger partial charge in [-0.15, -0.1) is 0 Å². The number of carbonyl (C=O) groups is 2. The molecule has 3 heterocycles. The quantitative estimate of drug-likeness (QED) is 0.363. The Kier molecular flexibility index (Phi) is 9.30. The third-order valence-corrected chi connectivity index (χ3v) is 8.91. The average molecular weight is 560 g/mol. The summed E-state index contributed by atoms with van der Waals surface area (Å²) in [6.45, 7) is 8.74. The van der Waals surface area contributed by atoms with Crippen molar-refractivity contribution in [2.24, 2.45) is 0 Å². The first-order valence-electron chi connectivity index (χ1n) is 15.2. The standard InChI is InChI=1S/C33H45N5O3/c1-24(38(26(3)40)37-21-13-10-18-32(37)35-19-11-5-12-20-35)33(29-22-34-30-16-8-7-15-28(29)30)36(25(2)39)23-27-14-6-9-17-31(27)41-4/h6-9,14-17,22,24,32-34H,5,10-13,18-21,23H2,1-4H3. The predicted octanol–water partition coefficient (Wildman–Crippen LogP) is 5.72. The van der Waals surface area contributed by atoms with Gasteiger partial charge in [0.25, 0.3) is 0 Å².